The molecule has 1 N–H and O–H groups in total. The molecule has 1 fully saturated rings. The predicted molar refractivity (Wildman–Crippen MR) is 169 cm³/mol. The summed E-state index contributed by atoms with van der Waals surface area (Å²) in [4.78, 5) is 29.9. The lowest BCUT2D eigenvalue weighted by Gasteiger charge is -2.35. The molecule has 8 heteroatoms. The number of sulfonamides is 1. The van der Waals surface area contributed by atoms with Gasteiger partial charge in [0.2, 0.25) is 21.8 Å². The summed E-state index contributed by atoms with van der Waals surface area (Å²) < 4.78 is 27.2. The molecule has 0 aromatic heterocycles. The van der Waals surface area contributed by atoms with E-state index in [0.29, 0.717) is 12.1 Å². The van der Waals surface area contributed by atoms with Gasteiger partial charge in [-0.2, -0.15) is 0 Å². The molecule has 3 aromatic carbocycles. The molecule has 0 heterocycles. The van der Waals surface area contributed by atoms with Gasteiger partial charge in [-0.15, -0.1) is 0 Å². The van der Waals surface area contributed by atoms with E-state index in [1.54, 1.807) is 17.0 Å². The van der Waals surface area contributed by atoms with E-state index in [-0.39, 0.29) is 18.5 Å². The van der Waals surface area contributed by atoms with Crippen LogP contribution in [0.3, 0.4) is 0 Å². The van der Waals surface area contributed by atoms with Crippen molar-refractivity contribution in [3.05, 3.63) is 101 Å². The largest absolute Gasteiger partial charge is 0.352 e. The molecule has 1 unspecified atom stereocenters. The number of anilines is 1. The molecule has 1 aliphatic rings. The number of amides is 2. The number of aryl methyl sites for hydroxylation is 3. The van der Waals surface area contributed by atoms with Crippen LogP contribution >= 0.6 is 0 Å². The lowest BCUT2D eigenvalue weighted by Crippen LogP contribution is -2.55. The van der Waals surface area contributed by atoms with E-state index in [2.05, 4.69) is 5.32 Å². The SMILES string of the molecule is Cc1cccc(CN(C(=O)CN(c2ccc(C)c(C)c2)S(C)(=O)=O)C(Cc2ccccc2)C(=O)NC2CCCCC2)c1. The van der Waals surface area contributed by atoms with Crippen LogP contribution in [-0.2, 0) is 32.6 Å². The minimum Gasteiger partial charge on any atom is -0.352 e. The topological polar surface area (TPSA) is 86.8 Å². The maximum Gasteiger partial charge on any atom is 0.244 e. The van der Waals surface area contributed by atoms with E-state index in [1.807, 2.05) is 81.4 Å². The van der Waals surface area contributed by atoms with Gasteiger partial charge >= 0.3 is 0 Å². The Kier molecular flexibility index (Phi) is 10.4. The second kappa shape index (κ2) is 14.0. The maximum atomic E-state index is 14.3. The fourth-order valence-electron chi connectivity index (χ4n) is 5.60. The summed E-state index contributed by atoms with van der Waals surface area (Å²) >= 11 is 0. The van der Waals surface area contributed by atoms with Crippen LogP contribution in [0.4, 0.5) is 5.69 Å². The van der Waals surface area contributed by atoms with E-state index >= 15 is 0 Å². The number of nitrogens with one attached hydrogen (secondary N) is 1. The zero-order valence-electron chi connectivity index (χ0n) is 25.2. The van der Waals surface area contributed by atoms with Crippen molar-refractivity contribution >= 4 is 27.5 Å². The van der Waals surface area contributed by atoms with Crippen molar-refractivity contribution < 1.29 is 18.0 Å². The molecule has 42 heavy (non-hydrogen) atoms. The number of nitrogens with zero attached hydrogens (tertiary/aromatic N) is 2. The van der Waals surface area contributed by atoms with Crippen molar-refractivity contribution in [3.8, 4) is 0 Å². The number of benzene rings is 3. The van der Waals surface area contributed by atoms with Gasteiger partial charge < -0.3 is 10.2 Å². The zero-order valence-corrected chi connectivity index (χ0v) is 26.0. The molecule has 7 nitrogen and oxygen atoms in total. The highest BCUT2D eigenvalue weighted by Gasteiger charge is 2.34. The minimum absolute atomic E-state index is 0.0727. The predicted octanol–water partition coefficient (Wildman–Crippen LogP) is 5.47. The summed E-state index contributed by atoms with van der Waals surface area (Å²) in [7, 11) is -3.80. The number of hydrogen-bond acceptors (Lipinski definition) is 4. The zero-order chi connectivity index (χ0) is 30.3. The third-order valence-corrected chi connectivity index (χ3v) is 9.26. The molecule has 1 atom stereocenters. The van der Waals surface area contributed by atoms with Crippen LogP contribution in [0, 0.1) is 20.8 Å². The van der Waals surface area contributed by atoms with Gasteiger partial charge in [0.15, 0.2) is 0 Å². The van der Waals surface area contributed by atoms with E-state index in [4.69, 9.17) is 0 Å². The Hall–Kier alpha value is -3.65. The molecule has 224 valence electrons. The molecular weight excluding hydrogens is 546 g/mol. The monoisotopic (exact) mass is 589 g/mol. The molecule has 1 aliphatic carbocycles. The Labute approximate surface area is 251 Å². The Balaban J connectivity index is 1.73. The van der Waals surface area contributed by atoms with Gasteiger partial charge in [0.05, 0.1) is 11.9 Å². The van der Waals surface area contributed by atoms with Crippen LogP contribution in [0.25, 0.3) is 0 Å². The maximum absolute atomic E-state index is 14.3. The molecule has 0 saturated heterocycles. The third kappa shape index (κ3) is 8.44. The van der Waals surface area contributed by atoms with Crippen LogP contribution < -0.4 is 9.62 Å². The lowest BCUT2D eigenvalue weighted by atomic mass is 9.94. The molecular formula is C34H43N3O4S. The normalized spacial score (nSPS) is 14.7. The molecule has 0 spiro atoms. The van der Waals surface area contributed by atoms with Crippen LogP contribution in [0.5, 0.6) is 0 Å². The van der Waals surface area contributed by atoms with Crippen LogP contribution in [0.1, 0.15) is 59.9 Å². The highest BCUT2D eigenvalue weighted by Crippen LogP contribution is 2.24. The molecule has 2 amide bonds. The van der Waals surface area contributed by atoms with Crippen LogP contribution in [0.2, 0.25) is 0 Å². The van der Waals surface area contributed by atoms with Gasteiger partial charge in [-0.1, -0.05) is 85.5 Å². The van der Waals surface area contributed by atoms with E-state index in [9.17, 15) is 18.0 Å². The Bertz CT molecular complexity index is 1480. The van der Waals surface area contributed by atoms with Crippen molar-refractivity contribution in [1.82, 2.24) is 10.2 Å². The molecule has 3 aromatic rings. The lowest BCUT2D eigenvalue weighted by molar-refractivity contribution is -0.140. The first-order valence-corrected chi connectivity index (χ1v) is 16.6. The smallest absolute Gasteiger partial charge is 0.244 e. The summed E-state index contributed by atoms with van der Waals surface area (Å²) in [6.07, 6.45) is 6.57. The van der Waals surface area contributed by atoms with Crippen molar-refractivity contribution in [3.63, 3.8) is 0 Å². The first-order chi connectivity index (χ1) is 20.0. The van der Waals surface area contributed by atoms with Crippen molar-refractivity contribution in [2.45, 2.75) is 77.9 Å². The molecule has 0 bridgehead atoms. The summed E-state index contributed by atoms with van der Waals surface area (Å²) in [6.45, 7) is 5.63. The third-order valence-electron chi connectivity index (χ3n) is 8.12. The Morgan fingerprint density at radius 1 is 0.857 bits per heavy atom. The summed E-state index contributed by atoms with van der Waals surface area (Å²) in [5.74, 6) is -0.635. The molecule has 1 saturated carbocycles. The minimum atomic E-state index is -3.80. The summed E-state index contributed by atoms with van der Waals surface area (Å²) in [5.41, 5.74) is 5.23. The average Bonchev–Trinajstić information content (AvgIpc) is 2.95. The van der Waals surface area contributed by atoms with Gasteiger partial charge in [-0.3, -0.25) is 13.9 Å². The quantitative estimate of drug-likeness (QED) is 0.322. The number of rotatable bonds is 11. The number of carbonyl (C=O) groups excluding carboxylic acids is 2. The molecule has 4 rings (SSSR count). The first kappa shape index (κ1) is 31.3. The van der Waals surface area contributed by atoms with Gasteiger partial charge in [-0.05, 0) is 68.0 Å². The average molecular weight is 590 g/mol. The fraction of sp³-hybridized carbons (Fsp3) is 0.412. The van der Waals surface area contributed by atoms with Gasteiger partial charge in [0.1, 0.15) is 12.6 Å². The second-order valence-electron chi connectivity index (χ2n) is 11.6. The molecule has 0 aliphatic heterocycles. The highest BCUT2D eigenvalue weighted by atomic mass is 32.2. The fourth-order valence-corrected chi connectivity index (χ4v) is 6.44. The number of carbonyl (C=O) groups is 2. The van der Waals surface area contributed by atoms with Crippen LogP contribution in [-0.4, -0.2) is 50.0 Å². The highest BCUT2D eigenvalue weighted by molar-refractivity contribution is 7.92. The van der Waals surface area contributed by atoms with Crippen molar-refractivity contribution in [1.29, 1.82) is 0 Å². The van der Waals surface area contributed by atoms with Gasteiger partial charge in [0.25, 0.3) is 0 Å². The van der Waals surface area contributed by atoms with Gasteiger partial charge in [0, 0.05) is 19.0 Å². The standard InChI is InChI=1S/C34H43N3O4S/c1-25-12-11-15-29(20-25)23-36(33(38)24-37(42(4,40)41)31-19-18-26(2)27(3)21-31)32(22-28-13-7-5-8-14-28)34(39)35-30-16-9-6-10-17-30/h5,7-8,11-15,18-21,30,32H,6,9-10,16-17,22-24H2,1-4H3,(H,35,39). The molecule has 0 radical (unpaired) electrons. The van der Waals surface area contributed by atoms with E-state index in [1.165, 1.54) is 0 Å². The van der Waals surface area contributed by atoms with E-state index in [0.717, 1.165) is 70.5 Å². The first-order valence-electron chi connectivity index (χ1n) is 14.8. The van der Waals surface area contributed by atoms with E-state index < -0.39 is 28.5 Å². The summed E-state index contributed by atoms with van der Waals surface area (Å²) in [6, 6.07) is 22.1. The Morgan fingerprint density at radius 3 is 2.19 bits per heavy atom. The number of hydrogen-bond donors (Lipinski definition) is 1. The Morgan fingerprint density at radius 2 is 1.55 bits per heavy atom. The van der Waals surface area contributed by atoms with Gasteiger partial charge in [-0.25, -0.2) is 8.42 Å². The van der Waals surface area contributed by atoms with Crippen LogP contribution in [0.15, 0.2) is 72.8 Å². The summed E-state index contributed by atoms with van der Waals surface area (Å²) in [5, 5.41) is 3.24. The van der Waals surface area contributed by atoms with Crippen molar-refractivity contribution in [2.24, 2.45) is 0 Å². The van der Waals surface area contributed by atoms with Crippen molar-refractivity contribution in [2.75, 3.05) is 17.1 Å². The second-order valence-corrected chi connectivity index (χ2v) is 13.5.